The normalized spacial score (nSPS) is 10.4. The van der Waals surface area contributed by atoms with Crippen molar-refractivity contribution in [2.75, 3.05) is 18.6 Å². The monoisotopic (exact) mass is 251 g/mol. The largest absolute Gasteiger partial charge is 0.481 e. The number of halogens is 2. The lowest BCUT2D eigenvalue weighted by Gasteiger charge is -2.10. The van der Waals surface area contributed by atoms with Gasteiger partial charge in [0, 0.05) is 17.7 Å². The fourth-order valence-electron chi connectivity index (χ4n) is 1.60. The number of ether oxygens (including phenoxy) is 1. The fourth-order valence-corrected chi connectivity index (χ4v) is 1.60. The molecule has 0 spiro atoms. The molecule has 0 fully saturated rings. The average Bonchev–Trinajstić information content (AvgIpc) is 2.31. The Labute approximate surface area is 102 Å². The van der Waals surface area contributed by atoms with Gasteiger partial charge in [-0.2, -0.15) is 4.98 Å². The van der Waals surface area contributed by atoms with Crippen LogP contribution in [0.25, 0.3) is 11.1 Å². The third-order valence-corrected chi connectivity index (χ3v) is 2.45. The first-order valence-corrected chi connectivity index (χ1v) is 5.07. The van der Waals surface area contributed by atoms with Crippen molar-refractivity contribution in [2.45, 2.75) is 0 Å². The van der Waals surface area contributed by atoms with Crippen LogP contribution in [0.5, 0.6) is 5.88 Å². The van der Waals surface area contributed by atoms with Crippen LogP contribution in [0.3, 0.4) is 0 Å². The van der Waals surface area contributed by atoms with Crippen LogP contribution in [0.4, 0.5) is 20.3 Å². The zero-order valence-corrected chi connectivity index (χ0v) is 9.58. The topological polar surface area (TPSA) is 74.2 Å². The van der Waals surface area contributed by atoms with E-state index in [4.69, 9.17) is 16.2 Å². The van der Waals surface area contributed by atoms with Crippen molar-refractivity contribution < 1.29 is 13.5 Å². The smallest absolute Gasteiger partial charge is 0.215 e. The summed E-state index contributed by atoms with van der Waals surface area (Å²) in [5, 5.41) is 0. The summed E-state index contributed by atoms with van der Waals surface area (Å²) in [7, 11) is 1.41. The maximum absolute atomic E-state index is 13.2. The predicted octanol–water partition coefficient (Wildman–Crippen LogP) is 2.20. The number of methoxy groups -OCH3 is 1. The summed E-state index contributed by atoms with van der Waals surface area (Å²) in [5.41, 5.74) is 12.2. The molecule has 94 valence electrons. The second kappa shape index (κ2) is 4.48. The molecule has 0 aliphatic heterocycles. The summed E-state index contributed by atoms with van der Waals surface area (Å²) in [5.74, 6) is -1.12. The highest BCUT2D eigenvalue weighted by molar-refractivity contribution is 5.83. The van der Waals surface area contributed by atoms with Crippen molar-refractivity contribution in [2.24, 2.45) is 0 Å². The van der Waals surface area contributed by atoms with E-state index in [1.165, 1.54) is 13.2 Å². The van der Waals surface area contributed by atoms with Gasteiger partial charge in [-0.05, 0) is 17.7 Å². The van der Waals surface area contributed by atoms with Gasteiger partial charge in [0.2, 0.25) is 5.88 Å². The van der Waals surface area contributed by atoms with E-state index in [0.717, 1.165) is 18.2 Å². The Morgan fingerprint density at radius 2 is 1.67 bits per heavy atom. The lowest BCUT2D eigenvalue weighted by atomic mass is 10.0. The number of pyridine rings is 1. The molecule has 6 heteroatoms. The molecule has 0 saturated heterocycles. The number of nitrogen functional groups attached to an aromatic ring is 2. The molecule has 0 unspecified atom stereocenters. The molecule has 0 saturated carbocycles. The lowest BCUT2D eigenvalue weighted by Crippen LogP contribution is -2.02. The molecule has 0 aliphatic rings. The molecule has 0 aliphatic carbocycles. The molecular weight excluding hydrogens is 240 g/mol. The molecule has 1 aromatic heterocycles. The van der Waals surface area contributed by atoms with E-state index in [0.29, 0.717) is 5.56 Å². The molecule has 1 aromatic carbocycles. The zero-order valence-electron chi connectivity index (χ0n) is 9.58. The van der Waals surface area contributed by atoms with Crippen LogP contribution < -0.4 is 16.2 Å². The second-order valence-electron chi connectivity index (χ2n) is 3.67. The number of aromatic nitrogens is 1. The average molecular weight is 251 g/mol. The fraction of sp³-hybridized carbons (Fsp3) is 0.0833. The van der Waals surface area contributed by atoms with Gasteiger partial charge in [0.15, 0.2) is 5.82 Å². The van der Waals surface area contributed by atoms with E-state index in [1.807, 2.05) is 0 Å². The van der Waals surface area contributed by atoms with Gasteiger partial charge < -0.3 is 16.2 Å². The van der Waals surface area contributed by atoms with Gasteiger partial charge in [0.1, 0.15) is 11.6 Å². The van der Waals surface area contributed by atoms with Gasteiger partial charge >= 0.3 is 0 Å². The van der Waals surface area contributed by atoms with Gasteiger partial charge in [-0.25, -0.2) is 8.78 Å². The third kappa shape index (κ3) is 2.17. The molecule has 18 heavy (non-hydrogen) atoms. The molecule has 4 N–H and O–H groups in total. The molecule has 0 amide bonds. The second-order valence-corrected chi connectivity index (χ2v) is 3.67. The van der Waals surface area contributed by atoms with Crippen molar-refractivity contribution in [3.63, 3.8) is 0 Å². The first-order valence-electron chi connectivity index (χ1n) is 5.07. The zero-order chi connectivity index (χ0) is 13.3. The van der Waals surface area contributed by atoms with Crippen molar-refractivity contribution in [1.82, 2.24) is 4.98 Å². The van der Waals surface area contributed by atoms with Crippen LogP contribution >= 0.6 is 0 Å². The first-order chi connectivity index (χ1) is 8.51. The quantitative estimate of drug-likeness (QED) is 0.858. The molecule has 1 heterocycles. The Balaban J connectivity index is 2.65. The standard InChI is InChI=1S/C12H11F2N3O/c1-18-10-5-9(11(15)12(16)17-10)6-2-7(13)4-8(14)3-6/h2-5H,15H2,1H3,(H2,16,17). The van der Waals surface area contributed by atoms with Crippen LogP contribution in [0.2, 0.25) is 0 Å². The maximum Gasteiger partial charge on any atom is 0.215 e. The van der Waals surface area contributed by atoms with Gasteiger partial charge in [0.05, 0.1) is 12.8 Å². The summed E-state index contributed by atoms with van der Waals surface area (Å²) < 4.78 is 31.3. The number of rotatable bonds is 2. The van der Waals surface area contributed by atoms with Crippen molar-refractivity contribution in [3.05, 3.63) is 35.9 Å². The Kier molecular flexibility index (Phi) is 3.01. The highest BCUT2D eigenvalue weighted by Crippen LogP contribution is 2.33. The summed E-state index contributed by atoms with van der Waals surface area (Å²) in [6.45, 7) is 0. The van der Waals surface area contributed by atoms with E-state index in [2.05, 4.69) is 4.98 Å². The minimum absolute atomic E-state index is 0.0500. The number of benzene rings is 1. The molecule has 0 atom stereocenters. The highest BCUT2D eigenvalue weighted by Gasteiger charge is 2.12. The third-order valence-electron chi connectivity index (χ3n) is 2.45. The lowest BCUT2D eigenvalue weighted by molar-refractivity contribution is 0.399. The Bertz CT molecular complexity index is 582. The van der Waals surface area contributed by atoms with Crippen LogP contribution in [0.15, 0.2) is 24.3 Å². The minimum Gasteiger partial charge on any atom is -0.481 e. The van der Waals surface area contributed by atoms with E-state index >= 15 is 0 Å². The molecule has 0 bridgehead atoms. The van der Waals surface area contributed by atoms with Crippen LogP contribution in [0, 0.1) is 11.6 Å². The molecule has 2 aromatic rings. The number of hydrogen-bond acceptors (Lipinski definition) is 4. The van der Waals surface area contributed by atoms with E-state index in [1.54, 1.807) is 0 Å². The van der Waals surface area contributed by atoms with Crippen LogP contribution in [-0.4, -0.2) is 12.1 Å². The molecule has 0 radical (unpaired) electrons. The van der Waals surface area contributed by atoms with Gasteiger partial charge in [-0.1, -0.05) is 0 Å². The Morgan fingerprint density at radius 1 is 1.06 bits per heavy atom. The van der Waals surface area contributed by atoms with Crippen molar-refractivity contribution in [1.29, 1.82) is 0 Å². The van der Waals surface area contributed by atoms with E-state index in [-0.39, 0.29) is 22.9 Å². The maximum atomic E-state index is 13.2. The summed E-state index contributed by atoms with van der Waals surface area (Å²) in [4.78, 5) is 3.87. The summed E-state index contributed by atoms with van der Waals surface area (Å²) in [6, 6.07) is 4.57. The van der Waals surface area contributed by atoms with Crippen LogP contribution in [0.1, 0.15) is 0 Å². The van der Waals surface area contributed by atoms with Gasteiger partial charge in [0.25, 0.3) is 0 Å². The summed E-state index contributed by atoms with van der Waals surface area (Å²) in [6.07, 6.45) is 0. The van der Waals surface area contributed by atoms with Crippen molar-refractivity contribution in [3.8, 4) is 17.0 Å². The van der Waals surface area contributed by atoms with Gasteiger partial charge in [-0.3, -0.25) is 0 Å². The van der Waals surface area contributed by atoms with E-state index in [9.17, 15) is 8.78 Å². The number of anilines is 2. The Hall–Kier alpha value is -2.37. The van der Waals surface area contributed by atoms with Crippen molar-refractivity contribution >= 4 is 11.5 Å². The molecule has 2 rings (SSSR count). The molecule has 4 nitrogen and oxygen atoms in total. The van der Waals surface area contributed by atoms with Gasteiger partial charge in [-0.15, -0.1) is 0 Å². The number of nitrogens with two attached hydrogens (primary N) is 2. The summed E-state index contributed by atoms with van der Waals surface area (Å²) >= 11 is 0. The number of hydrogen-bond donors (Lipinski definition) is 2. The highest BCUT2D eigenvalue weighted by atomic mass is 19.1. The predicted molar refractivity (Wildman–Crippen MR) is 65.0 cm³/mol. The SMILES string of the molecule is COc1cc(-c2cc(F)cc(F)c2)c(N)c(N)n1. The molecular formula is C12H11F2N3O. The van der Waals surface area contributed by atoms with E-state index < -0.39 is 11.6 Å². The minimum atomic E-state index is -0.696. The number of nitrogens with zero attached hydrogens (tertiary/aromatic N) is 1. The Morgan fingerprint density at radius 3 is 2.22 bits per heavy atom. The van der Waals surface area contributed by atoms with Crippen LogP contribution in [-0.2, 0) is 0 Å². The first kappa shape index (κ1) is 12.1.